The molecule has 0 aromatic heterocycles. The molecule has 0 aliphatic rings. The quantitative estimate of drug-likeness (QED) is 0.564. The molecular weight excluding hydrogens is 360 g/mol. The average Bonchev–Trinajstić information content (AvgIpc) is 2.74. The smallest absolute Gasteiger partial charge is 0.242 e. The van der Waals surface area contributed by atoms with Crippen LogP contribution >= 0.6 is 0 Å². The Balaban J connectivity index is 2.17. The summed E-state index contributed by atoms with van der Waals surface area (Å²) in [5.74, 6) is -0.0304. The molecule has 0 saturated carbocycles. The average molecular weight is 395 g/mol. The Morgan fingerprint density at radius 3 is 2.34 bits per heavy atom. The van der Waals surface area contributed by atoms with Crippen molar-refractivity contribution in [2.75, 3.05) is 6.54 Å². The van der Waals surface area contributed by atoms with Gasteiger partial charge in [0.15, 0.2) is 0 Å². The van der Waals surface area contributed by atoms with Crippen LogP contribution in [0.25, 0.3) is 0 Å². The van der Waals surface area contributed by atoms with Gasteiger partial charge in [-0.05, 0) is 42.9 Å². The zero-order valence-corrected chi connectivity index (χ0v) is 18.0. The lowest BCUT2D eigenvalue weighted by molar-refractivity contribution is -0.141. The molecule has 0 heterocycles. The molecule has 0 bridgehead atoms. The number of hydrogen-bond donors (Lipinski definition) is 1. The van der Waals surface area contributed by atoms with Crippen LogP contribution < -0.4 is 5.32 Å². The first-order chi connectivity index (χ1) is 14.1. The molecule has 2 amide bonds. The van der Waals surface area contributed by atoms with E-state index in [4.69, 9.17) is 0 Å². The van der Waals surface area contributed by atoms with Gasteiger partial charge in [-0.15, -0.1) is 0 Å². The van der Waals surface area contributed by atoms with E-state index in [1.165, 1.54) is 0 Å². The van der Waals surface area contributed by atoms with Crippen LogP contribution in [0.4, 0.5) is 0 Å². The molecular formula is C25H34N2O2. The summed E-state index contributed by atoms with van der Waals surface area (Å²) >= 11 is 0. The molecule has 0 aliphatic carbocycles. The van der Waals surface area contributed by atoms with Gasteiger partial charge in [0.1, 0.15) is 6.04 Å². The van der Waals surface area contributed by atoms with Gasteiger partial charge in [-0.3, -0.25) is 9.59 Å². The highest BCUT2D eigenvalue weighted by molar-refractivity contribution is 5.87. The van der Waals surface area contributed by atoms with Gasteiger partial charge in [0.05, 0.1) is 0 Å². The third-order valence-electron chi connectivity index (χ3n) is 5.29. The van der Waals surface area contributed by atoms with Crippen LogP contribution in [0.2, 0.25) is 0 Å². The van der Waals surface area contributed by atoms with Gasteiger partial charge in [-0.2, -0.15) is 0 Å². The Kier molecular flexibility index (Phi) is 9.42. The predicted molar refractivity (Wildman–Crippen MR) is 118 cm³/mol. The molecule has 2 aromatic rings. The number of carbonyl (C=O) groups excluding carboxylic acids is 2. The normalized spacial score (nSPS) is 11.7. The molecule has 2 aromatic carbocycles. The van der Waals surface area contributed by atoms with E-state index in [0.29, 0.717) is 32.4 Å². The van der Waals surface area contributed by atoms with Crippen LogP contribution in [-0.2, 0) is 22.6 Å². The van der Waals surface area contributed by atoms with Crippen molar-refractivity contribution in [3.63, 3.8) is 0 Å². The van der Waals surface area contributed by atoms with Crippen molar-refractivity contribution < 1.29 is 9.59 Å². The minimum absolute atomic E-state index is 0.0228. The molecule has 1 N–H and O–H groups in total. The van der Waals surface area contributed by atoms with Crippen molar-refractivity contribution in [1.29, 1.82) is 0 Å². The SMILES string of the molecule is CCCCNC(=O)[C@H](CC)N(Cc1ccccc1C)C(=O)CCc1ccccc1. The monoisotopic (exact) mass is 394 g/mol. The summed E-state index contributed by atoms with van der Waals surface area (Å²) < 4.78 is 0. The lowest BCUT2D eigenvalue weighted by Crippen LogP contribution is -2.49. The van der Waals surface area contributed by atoms with Crippen LogP contribution in [0.3, 0.4) is 0 Å². The summed E-state index contributed by atoms with van der Waals surface area (Å²) in [5.41, 5.74) is 3.35. The molecule has 4 nitrogen and oxygen atoms in total. The van der Waals surface area contributed by atoms with Gasteiger partial charge in [-0.1, -0.05) is 74.9 Å². The zero-order valence-electron chi connectivity index (χ0n) is 18.0. The Labute approximate surface area is 175 Å². The maximum absolute atomic E-state index is 13.2. The fourth-order valence-corrected chi connectivity index (χ4v) is 3.44. The Hall–Kier alpha value is -2.62. The molecule has 2 rings (SSSR count). The van der Waals surface area contributed by atoms with E-state index >= 15 is 0 Å². The Bertz CT molecular complexity index is 773. The van der Waals surface area contributed by atoms with Gasteiger partial charge in [0.2, 0.25) is 11.8 Å². The van der Waals surface area contributed by atoms with Crippen molar-refractivity contribution in [1.82, 2.24) is 10.2 Å². The van der Waals surface area contributed by atoms with Crippen LogP contribution in [0, 0.1) is 6.92 Å². The van der Waals surface area contributed by atoms with Gasteiger partial charge in [0.25, 0.3) is 0 Å². The molecule has 0 spiro atoms. The number of hydrogen-bond acceptors (Lipinski definition) is 2. The second kappa shape index (κ2) is 12.1. The summed E-state index contributed by atoms with van der Waals surface area (Å²) in [5, 5.41) is 3.01. The molecule has 0 aliphatic heterocycles. The summed E-state index contributed by atoms with van der Waals surface area (Å²) in [7, 11) is 0. The number of unbranched alkanes of at least 4 members (excludes halogenated alkanes) is 1. The third kappa shape index (κ3) is 7.04. The molecule has 0 unspecified atom stereocenters. The summed E-state index contributed by atoms with van der Waals surface area (Å²) in [6.45, 7) is 7.23. The first-order valence-corrected chi connectivity index (χ1v) is 10.7. The third-order valence-corrected chi connectivity index (χ3v) is 5.29. The lowest BCUT2D eigenvalue weighted by Gasteiger charge is -2.31. The number of aryl methyl sites for hydroxylation is 2. The number of amides is 2. The highest BCUT2D eigenvalue weighted by Gasteiger charge is 2.28. The van der Waals surface area contributed by atoms with Crippen LogP contribution in [0.15, 0.2) is 54.6 Å². The molecule has 1 atom stereocenters. The molecule has 0 fully saturated rings. The fourth-order valence-electron chi connectivity index (χ4n) is 3.44. The van der Waals surface area contributed by atoms with Gasteiger partial charge in [0, 0.05) is 19.5 Å². The maximum Gasteiger partial charge on any atom is 0.242 e. The fraction of sp³-hybridized carbons (Fsp3) is 0.440. The largest absolute Gasteiger partial charge is 0.354 e. The Morgan fingerprint density at radius 2 is 1.69 bits per heavy atom. The molecule has 29 heavy (non-hydrogen) atoms. The predicted octanol–water partition coefficient (Wildman–Crippen LogP) is 4.65. The van der Waals surface area contributed by atoms with Crippen molar-refractivity contribution in [2.24, 2.45) is 0 Å². The summed E-state index contributed by atoms with van der Waals surface area (Å²) in [6, 6.07) is 17.6. The van der Waals surface area contributed by atoms with Gasteiger partial charge in [-0.25, -0.2) is 0 Å². The van der Waals surface area contributed by atoms with E-state index in [1.54, 1.807) is 4.90 Å². The summed E-state index contributed by atoms with van der Waals surface area (Å²) in [4.78, 5) is 27.8. The topological polar surface area (TPSA) is 49.4 Å². The highest BCUT2D eigenvalue weighted by Crippen LogP contribution is 2.17. The van der Waals surface area contributed by atoms with Gasteiger partial charge < -0.3 is 10.2 Å². The first-order valence-electron chi connectivity index (χ1n) is 10.7. The van der Waals surface area contributed by atoms with Crippen LogP contribution in [-0.4, -0.2) is 29.3 Å². The van der Waals surface area contributed by atoms with E-state index in [9.17, 15) is 9.59 Å². The standard InChI is InChI=1S/C25H34N2O2/c1-4-6-18-26-25(29)23(5-2)27(19-22-15-11-10-12-20(22)3)24(28)17-16-21-13-8-7-9-14-21/h7-15,23H,4-6,16-19H2,1-3H3,(H,26,29)/t23-/m0/s1. The number of nitrogens with one attached hydrogen (secondary N) is 1. The number of benzene rings is 2. The van der Waals surface area contributed by atoms with E-state index < -0.39 is 6.04 Å². The van der Waals surface area contributed by atoms with Crippen molar-refractivity contribution in [3.8, 4) is 0 Å². The zero-order chi connectivity index (χ0) is 21.1. The van der Waals surface area contributed by atoms with Crippen molar-refractivity contribution in [2.45, 2.75) is 65.5 Å². The van der Waals surface area contributed by atoms with E-state index in [-0.39, 0.29) is 11.8 Å². The second-order valence-corrected chi connectivity index (χ2v) is 7.50. The maximum atomic E-state index is 13.2. The van der Waals surface area contributed by atoms with E-state index in [2.05, 4.69) is 12.2 Å². The van der Waals surface area contributed by atoms with Crippen LogP contribution in [0.5, 0.6) is 0 Å². The number of carbonyl (C=O) groups is 2. The van der Waals surface area contributed by atoms with Gasteiger partial charge >= 0.3 is 0 Å². The van der Waals surface area contributed by atoms with E-state index in [0.717, 1.165) is 29.5 Å². The second-order valence-electron chi connectivity index (χ2n) is 7.50. The minimum atomic E-state index is -0.449. The minimum Gasteiger partial charge on any atom is -0.354 e. The summed E-state index contributed by atoms with van der Waals surface area (Å²) in [6.07, 6.45) is 3.65. The number of nitrogens with zero attached hydrogens (tertiary/aromatic N) is 1. The number of rotatable bonds is 11. The first kappa shape index (κ1) is 22.7. The van der Waals surface area contributed by atoms with Crippen LogP contribution in [0.1, 0.15) is 56.2 Å². The molecule has 0 radical (unpaired) electrons. The van der Waals surface area contributed by atoms with Crippen molar-refractivity contribution >= 4 is 11.8 Å². The molecule has 0 saturated heterocycles. The highest BCUT2D eigenvalue weighted by atomic mass is 16.2. The van der Waals surface area contributed by atoms with E-state index in [1.807, 2.05) is 68.4 Å². The molecule has 4 heteroatoms. The molecule has 156 valence electrons. The Morgan fingerprint density at radius 1 is 1.00 bits per heavy atom. The van der Waals surface area contributed by atoms with Crippen molar-refractivity contribution in [3.05, 3.63) is 71.3 Å². The lowest BCUT2D eigenvalue weighted by atomic mass is 10.0.